The molecule has 28 heavy (non-hydrogen) atoms. The van der Waals surface area contributed by atoms with Crippen molar-refractivity contribution in [3.05, 3.63) is 47.2 Å². The Bertz CT molecular complexity index is 884. The second kappa shape index (κ2) is 7.72. The van der Waals surface area contributed by atoms with E-state index in [0.29, 0.717) is 5.56 Å². The van der Waals surface area contributed by atoms with Crippen LogP contribution in [-0.2, 0) is 28.7 Å². The lowest BCUT2D eigenvalue weighted by molar-refractivity contribution is -0.154. The van der Waals surface area contributed by atoms with Gasteiger partial charge in [-0.15, -0.1) is 11.8 Å². The fourth-order valence-electron chi connectivity index (χ4n) is 2.99. The number of carboxylic acids is 2. The molecule has 1 fully saturated rings. The third-order valence-electron chi connectivity index (χ3n) is 4.26. The minimum Gasteiger partial charge on any atom is -0.478 e. The van der Waals surface area contributed by atoms with E-state index < -0.39 is 52.5 Å². The van der Waals surface area contributed by atoms with E-state index in [1.165, 1.54) is 0 Å². The average molecular weight is 406 g/mol. The van der Waals surface area contributed by atoms with E-state index in [-0.39, 0.29) is 12.2 Å². The molecule has 0 spiro atoms. The van der Waals surface area contributed by atoms with E-state index in [1.807, 2.05) is 0 Å². The van der Waals surface area contributed by atoms with Crippen molar-refractivity contribution in [2.45, 2.75) is 17.5 Å². The summed E-state index contributed by atoms with van der Waals surface area (Å²) in [6.45, 7) is 0.117. The lowest BCUT2D eigenvalue weighted by Gasteiger charge is -2.49. The molecule has 0 radical (unpaired) electrons. The number of fused-ring (bicyclic) bond motifs is 1. The number of nitrogens with zero attached hydrogens (tertiary/aromatic N) is 1. The predicted molar refractivity (Wildman–Crippen MR) is 93.7 cm³/mol. The van der Waals surface area contributed by atoms with Gasteiger partial charge >= 0.3 is 11.9 Å². The van der Waals surface area contributed by atoms with Gasteiger partial charge in [0.2, 0.25) is 6.10 Å². The number of carbonyl (C=O) groups is 5. The van der Waals surface area contributed by atoms with Crippen LogP contribution in [0.15, 0.2) is 41.6 Å². The quantitative estimate of drug-likeness (QED) is 0.410. The summed E-state index contributed by atoms with van der Waals surface area (Å²) in [5.74, 6) is -4.59. The Morgan fingerprint density at radius 1 is 1.21 bits per heavy atom. The van der Waals surface area contributed by atoms with Gasteiger partial charge in [-0.25, -0.2) is 9.59 Å². The Labute approximate surface area is 162 Å². The van der Waals surface area contributed by atoms with E-state index in [4.69, 9.17) is 9.84 Å². The summed E-state index contributed by atoms with van der Waals surface area (Å²) >= 11 is 1.02. The molecule has 3 rings (SSSR count). The highest BCUT2D eigenvalue weighted by atomic mass is 32.2. The van der Waals surface area contributed by atoms with Crippen LogP contribution in [0.4, 0.5) is 0 Å². The maximum atomic E-state index is 12.5. The molecular weight excluding hydrogens is 392 g/mol. The van der Waals surface area contributed by atoms with Gasteiger partial charge < -0.3 is 20.3 Å². The van der Waals surface area contributed by atoms with Gasteiger partial charge in [-0.3, -0.25) is 19.3 Å². The number of hydrogen-bond acceptors (Lipinski definition) is 7. The van der Waals surface area contributed by atoms with Crippen LogP contribution in [0.1, 0.15) is 11.7 Å². The number of amides is 2. The Hall–Kier alpha value is -3.34. The molecule has 2 heterocycles. The Balaban J connectivity index is 1.79. The number of carbonyl (C=O) groups excluding carboxylic acids is 3. The van der Waals surface area contributed by atoms with Crippen molar-refractivity contribution in [1.82, 2.24) is 10.2 Å². The number of ether oxygens (including phenoxy) is 1. The van der Waals surface area contributed by atoms with Gasteiger partial charge in [0, 0.05) is 11.3 Å². The summed E-state index contributed by atoms with van der Waals surface area (Å²) in [6.07, 6.45) is -1.28. The molecule has 0 bridgehead atoms. The van der Waals surface area contributed by atoms with Crippen LogP contribution in [0, 0.1) is 0 Å². The SMILES string of the molecule is O=COC(C(=O)NC1C(=O)N2C(C(=O)O)=C(C(=O)O)CS[C@@H]12)c1ccccc1. The van der Waals surface area contributed by atoms with Crippen LogP contribution in [-0.4, -0.2) is 62.5 Å². The van der Waals surface area contributed by atoms with Crippen LogP contribution < -0.4 is 5.32 Å². The standard InChI is InChI=1S/C17H14N2O8S/c20-7-27-12(8-4-2-1-3-5-8)13(21)18-10-14(22)19-11(17(25)26)9(16(23)24)6-28-15(10)19/h1-5,7,10,12,15H,6H2,(H,18,21)(H,23,24)(H,25,26)/t10?,12?,15-/m0/s1. The van der Waals surface area contributed by atoms with Crippen LogP contribution >= 0.6 is 11.8 Å². The van der Waals surface area contributed by atoms with Crippen molar-refractivity contribution in [1.29, 1.82) is 0 Å². The zero-order chi connectivity index (χ0) is 20.4. The van der Waals surface area contributed by atoms with Gasteiger partial charge in [0.25, 0.3) is 18.3 Å². The van der Waals surface area contributed by atoms with Gasteiger partial charge in [0.15, 0.2) is 0 Å². The molecule has 2 aliphatic heterocycles. The summed E-state index contributed by atoms with van der Waals surface area (Å²) in [6, 6.07) is 7.09. The molecule has 3 atom stereocenters. The fraction of sp³-hybridized carbons (Fsp3) is 0.235. The molecule has 11 heteroatoms. The van der Waals surface area contributed by atoms with Crippen LogP contribution in [0.2, 0.25) is 0 Å². The highest BCUT2D eigenvalue weighted by Crippen LogP contribution is 2.40. The summed E-state index contributed by atoms with van der Waals surface area (Å²) in [7, 11) is 0. The van der Waals surface area contributed by atoms with Crippen molar-refractivity contribution in [3.63, 3.8) is 0 Å². The predicted octanol–water partition coefficient (Wildman–Crippen LogP) is -0.276. The molecule has 146 valence electrons. The first kappa shape index (κ1) is 19.4. The van der Waals surface area contributed by atoms with Gasteiger partial charge in [0.1, 0.15) is 17.1 Å². The van der Waals surface area contributed by atoms with Gasteiger partial charge in [0.05, 0.1) is 5.57 Å². The van der Waals surface area contributed by atoms with Gasteiger partial charge in [-0.2, -0.15) is 0 Å². The number of hydrogen-bond donors (Lipinski definition) is 3. The zero-order valence-corrected chi connectivity index (χ0v) is 14.9. The zero-order valence-electron chi connectivity index (χ0n) is 14.1. The monoisotopic (exact) mass is 406 g/mol. The Morgan fingerprint density at radius 3 is 2.46 bits per heavy atom. The van der Waals surface area contributed by atoms with E-state index in [0.717, 1.165) is 16.7 Å². The molecule has 2 amide bonds. The molecule has 2 unspecified atom stereocenters. The number of benzene rings is 1. The van der Waals surface area contributed by atoms with E-state index >= 15 is 0 Å². The molecule has 0 aromatic heterocycles. The summed E-state index contributed by atoms with van der Waals surface area (Å²) in [4.78, 5) is 59.3. The molecular formula is C17H14N2O8S. The minimum absolute atomic E-state index is 0.117. The second-order valence-electron chi connectivity index (χ2n) is 5.86. The second-order valence-corrected chi connectivity index (χ2v) is 6.96. The van der Waals surface area contributed by atoms with Crippen molar-refractivity contribution in [3.8, 4) is 0 Å². The fourth-order valence-corrected chi connectivity index (χ4v) is 4.32. The van der Waals surface area contributed by atoms with E-state index in [2.05, 4.69) is 5.32 Å². The molecule has 10 nitrogen and oxygen atoms in total. The Morgan fingerprint density at radius 2 is 1.89 bits per heavy atom. The normalized spacial score (nSPS) is 21.9. The maximum Gasteiger partial charge on any atom is 0.353 e. The Kier molecular flexibility index (Phi) is 5.36. The van der Waals surface area contributed by atoms with Crippen LogP contribution in [0.3, 0.4) is 0 Å². The van der Waals surface area contributed by atoms with Gasteiger partial charge in [-0.05, 0) is 0 Å². The first-order chi connectivity index (χ1) is 13.4. The topological polar surface area (TPSA) is 150 Å². The maximum absolute atomic E-state index is 12.5. The summed E-state index contributed by atoms with van der Waals surface area (Å²) in [5.41, 5.74) is -0.597. The third kappa shape index (κ3) is 3.31. The minimum atomic E-state index is -1.53. The van der Waals surface area contributed by atoms with Crippen molar-refractivity contribution in [2.24, 2.45) is 0 Å². The molecule has 0 saturated carbocycles. The molecule has 1 saturated heterocycles. The lowest BCUT2D eigenvalue weighted by atomic mass is 10.0. The van der Waals surface area contributed by atoms with Crippen LogP contribution in [0.5, 0.6) is 0 Å². The van der Waals surface area contributed by atoms with Crippen molar-refractivity contribution < 1.29 is 38.9 Å². The van der Waals surface area contributed by atoms with Crippen LogP contribution in [0.25, 0.3) is 0 Å². The lowest BCUT2D eigenvalue weighted by Crippen LogP contribution is -2.71. The molecule has 0 aliphatic carbocycles. The van der Waals surface area contributed by atoms with Crippen molar-refractivity contribution in [2.75, 3.05) is 5.75 Å². The van der Waals surface area contributed by atoms with Crippen molar-refractivity contribution >= 4 is 42.0 Å². The third-order valence-corrected chi connectivity index (χ3v) is 5.54. The van der Waals surface area contributed by atoms with Gasteiger partial charge in [-0.1, -0.05) is 30.3 Å². The number of nitrogens with one attached hydrogen (secondary N) is 1. The number of β-lactam (4-membered cyclic amide) rings is 1. The largest absolute Gasteiger partial charge is 0.478 e. The average Bonchev–Trinajstić information content (AvgIpc) is 2.69. The molecule has 1 aromatic carbocycles. The first-order valence-electron chi connectivity index (χ1n) is 7.95. The van der Waals surface area contributed by atoms with E-state index in [1.54, 1.807) is 30.3 Å². The smallest absolute Gasteiger partial charge is 0.353 e. The first-order valence-corrected chi connectivity index (χ1v) is 9.00. The number of thioether (sulfide) groups is 1. The number of aliphatic carboxylic acids is 2. The summed E-state index contributed by atoms with van der Waals surface area (Å²) in [5, 5.41) is 20.1. The number of rotatable bonds is 7. The molecule has 2 aliphatic rings. The van der Waals surface area contributed by atoms with E-state index in [9.17, 15) is 29.1 Å². The molecule has 1 aromatic rings. The summed E-state index contributed by atoms with van der Waals surface area (Å²) < 4.78 is 4.83. The highest BCUT2D eigenvalue weighted by Gasteiger charge is 2.55. The number of carboxylic acid groups (broad SMARTS) is 2. The molecule has 3 N–H and O–H groups in total. The highest BCUT2D eigenvalue weighted by molar-refractivity contribution is 8.00.